The highest BCUT2D eigenvalue weighted by Gasteiger charge is 2.09. The number of carbonyl (C=O) groups is 2. The highest BCUT2D eigenvalue weighted by atomic mass is 32.1. The molecule has 0 unspecified atom stereocenters. The molecule has 1 heterocycles. The number of amides is 1. The summed E-state index contributed by atoms with van der Waals surface area (Å²) >= 11 is 6.40. The zero-order chi connectivity index (χ0) is 15.2. The van der Waals surface area contributed by atoms with Gasteiger partial charge in [0.25, 0.3) is 5.91 Å². The fraction of sp³-hybridized carbons (Fsp3) is 0.0714. The molecule has 2 rings (SSSR count). The fourth-order valence-electron chi connectivity index (χ4n) is 1.54. The second-order valence-electron chi connectivity index (χ2n) is 3.95. The van der Waals surface area contributed by atoms with Crippen molar-refractivity contribution in [3.63, 3.8) is 0 Å². The van der Waals surface area contributed by atoms with Crippen LogP contribution in [0.3, 0.4) is 0 Å². The predicted molar refractivity (Wildman–Crippen MR) is 85.8 cm³/mol. The van der Waals surface area contributed by atoms with Crippen LogP contribution in [0.25, 0.3) is 0 Å². The molecule has 1 aromatic heterocycles. The van der Waals surface area contributed by atoms with E-state index in [1.165, 1.54) is 18.4 Å². The largest absolute Gasteiger partial charge is 0.465 e. The van der Waals surface area contributed by atoms with Crippen LogP contribution in [0.4, 0.5) is 5.69 Å². The van der Waals surface area contributed by atoms with Gasteiger partial charge >= 0.3 is 5.97 Å². The zero-order valence-electron chi connectivity index (χ0n) is 11.1. The molecule has 0 fully saturated rings. The molecule has 0 saturated carbocycles. The van der Waals surface area contributed by atoms with Crippen LogP contribution in [0, 0.1) is 0 Å². The van der Waals surface area contributed by atoms with E-state index in [-0.39, 0.29) is 11.0 Å². The molecule has 0 aliphatic carbocycles. The Bertz CT molecular complexity index is 651. The third kappa shape index (κ3) is 4.11. The van der Waals surface area contributed by atoms with Crippen LogP contribution in [0.15, 0.2) is 41.8 Å². The van der Waals surface area contributed by atoms with E-state index >= 15 is 0 Å². The van der Waals surface area contributed by atoms with Crippen molar-refractivity contribution in [1.82, 2.24) is 5.32 Å². The van der Waals surface area contributed by atoms with Gasteiger partial charge in [0.2, 0.25) is 0 Å². The van der Waals surface area contributed by atoms with E-state index in [1.807, 2.05) is 5.38 Å². The Labute approximate surface area is 130 Å². The third-order valence-electron chi connectivity index (χ3n) is 2.54. The van der Waals surface area contributed by atoms with Gasteiger partial charge in [-0.3, -0.25) is 10.1 Å². The molecule has 0 atom stereocenters. The maximum absolute atomic E-state index is 11.8. The zero-order valence-corrected chi connectivity index (χ0v) is 12.7. The molecule has 0 aliphatic heterocycles. The number of thiophene rings is 1. The lowest BCUT2D eigenvalue weighted by Crippen LogP contribution is -2.33. The van der Waals surface area contributed by atoms with Crippen LogP contribution >= 0.6 is 23.6 Å². The maximum atomic E-state index is 11.8. The summed E-state index contributed by atoms with van der Waals surface area (Å²) in [5.74, 6) is -0.663. The molecule has 0 saturated heterocycles. The molecular weight excluding hydrogens is 308 g/mol. The highest BCUT2D eigenvalue weighted by molar-refractivity contribution is 7.80. The van der Waals surface area contributed by atoms with E-state index < -0.39 is 5.97 Å². The van der Waals surface area contributed by atoms with Crippen LogP contribution in [0.5, 0.6) is 0 Å². The fourth-order valence-corrected chi connectivity index (χ4v) is 2.37. The van der Waals surface area contributed by atoms with E-state index in [2.05, 4.69) is 15.4 Å². The van der Waals surface area contributed by atoms with Gasteiger partial charge in [0.1, 0.15) is 0 Å². The summed E-state index contributed by atoms with van der Waals surface area (Å²) in [6, 6.07) is 10.1. The quantitative estimate of drug-likeness (QED) is 0.672. The number of anilines is 1. The standard InChI is InChI=1S/C14H12N2O3S2/c1-19-13(18)9-4-6-10(7-5-9)15-14(20)16-12(17)11-3-2-8-21-11/h2-8H,1H3,(H2,15,16,17,20). The van der Waals surface area contributed by atoms with E-state index in [1.54, 1.807) is 36.4 Å². The molecular formula is C14H12N2O3S2. The van der Waals surface area contributed by atoms with Crippen molar-refractivity contribution in [3.05, 3.63) is 52.2 Å². The third-order valence-corrected chi connectivity index (χ3v) is 3.61. The van der Waals surface area contributed by atoms with E-state index in [9.17, 15) is 9.59 Å². The number of nitrogens with one attached hydrogen (secondary N) is 2. The van der Waals surface area contributed by atoms with E-state index in [0.717, 1.165) is 0 Å². The Kier molecular flexibility index (Phi) is 5.02. The van der Waals surface area contributed by atoms with Crippen LogP contribution in [0.1, 0.15) is 20.0 Å². The molecule has 1 aromatic carbocycles. The Morgan fingerprint density at radius 1 is 1.19 bits per heavy atom. The van der Waals surface area contributed by atoms with Gasteiger partial charge in [-0.15, -0.1) is 11.3 Å². The summed E-state index contributed by atoms with van der Waals surface area (Å²) in [5.41, 5.74) is 1.11. The van der Waals surface area contributed by atoms with Gasteiger partial charge in [-0.05, 0) is 47.9 Å². The number of hydrogen-bond donors (Lipinski definition) is 2. The summed E-state index contributed by atoms with van der Waals surface area (Å²) in [5, 5.41) is 7.46. The summed E-state index contributed by atoms with van der Waals surface area (Å²) < 4.78 is 4.61. The Hall–Kier alpha value is -2.25. The minimum Gasteiger partial charge on any atom is -0.465 e. The van der Waals surface area contributed by atoms with Crippen molar-refractivity contribution < 1.29 is 14.3 Å². The van der Waals surface area contributed by atoms with Crippen molar-refractivity contribution in [2.75, 3.05) is 12.4 Å². The Balaban J connectivity index is 1.93. The monoisotopic (exact) mass is 320 g/mol. The van der Waals surface area contributed by atoms with Gasteiger partial charge in [0.15, 0.2) is 5.11 Å². The molecule has 1 amide bonds. The first kappa shape index (κ1) is 15.1. The molecule has 0 radical (unpaired) electrons. The minimum absolute atomic E-state index is 0.194. The molecule has 0 bridgehead atoms. The van der Waals surface area contributed by atoms with Crippen molar-refractivity contribution >= 4 is 46.2 Å². The SMILES string of the molecule is COC(=O)c1ccc(NC(=S)NC(=O)c2cccs2)cc1. The number of thiocarbonyl (C=S) groups is 1. The first-order chi connectivity index (χ1) is 10.1. The molecule has 108 valence electrons. The normalized spacial score (nSPS) is 9.76. The van der Waals surface area contributed by atoms with Gasteiger partial charge in [0.05, 0.1) is 17.6 Å². The first-order valence-corrected chi connectivity index (χ1v) is 7.23. The first-order valence-electron chi connectivity index (χ1n) is 5.94. The lowest BCUT2D eigenvalue weighted by Gasteiger charge is -2.09. The van der Waals surface area contributed by atoms with Crippen molar-refractivity contribution in [2.24, 2.45) is 0 Å². The second-order valence-corrected chi connectivity index (χ2v) is 5.31. The maximum Gasteiger partial charge on any atom is 0.337 e. The van der Waals surface area contributed by atoms with Crippen LogP contribution in [-0.4, -0.2) is 24.1 Å². The predicted octanol–water partition coefficient (Wildman–Crippen LogP) is 2.66. The minimum atomic E-state index is -0.407. The molecule has 21 heavy (non-hydrogen) atoms. The number of rotatable bonds is 3. The number of methoxy groups -OCH3 is 1. The lowest BCUT2D eigenvalue weighted by atomic mass is 10.2. The second kappa shape index (κ2) is 6.96. The summed E-state index contributed by atoms with van der Waals surface area (Å²) in [6.07, 6.45) is 0. The van der Waals surface area contributed by atoms with Crippen molar-refractivity contribution in [3.8, 4) is 0 Å². The summed E-state index contributed by atoms with van der Waals surface area (Å²) in [7, 11) is 1.32. The molecule has 7 heteroatoms. The van der Waals surface area contributed by atoms with Crippen molar-refractivity contribution in [1.29, 1.82) is 0 Å². The van der Waals surface area contributed by atoms with Crippen LogP contribution in [0.2, 0.25) is 0 Å². The van der Waals surface area contributed by atoms with E-state index in [4.69, 9.17) is 12.2 Å². The topological polar surface area (TPSA) is 67.4 Å². The summed E-state index contributed by atoms with van der Waals surface area (Å²) in [4.78, 5) is 23.7. The number of esters is 1. The van der Waals surface area contributed by atoms with Gasteiger partial charge in [0, 0.05) is 5.69 Å². The number of ether oxygens (including phenoxy) is 1. The van der Waals surface area contributed by atoms with Gasteiger partial charge in [-0.1, -0.05) is 6.07 Å². The van der Waals surface area contributed by atoms with Gasteiger partial charge in [-0.2, -0.15) is 0 Å². The molecule has 2 aromatic rings. The Morgan fingerprint density at radius 3 is 2.48 bits per heavy atom. The summed E-state index contributed by atoms with van der Waals surface area (Å²) in [6.45, 7) is 0. The number of carbonyl (C=O) groups excluding carboxylic acids is 2. The molecule has 0 aliphatic rings. The molecule has 2 N–H and O–H groups in total. The van der Waals surface area contributed by atoms with Crippen LogP contribution in [-0.2, 0) is 4.74 Å². The Morgan fingerprint density at radius 2 is 1.90 bits per heavy atom. The van der Waals surface area contributed by atoms with Gasteiger partial charge in [-0.25, -0.2) is 4.79 Å². The number of benzene rings is 1. The molecule has 0 spiro atoms. The van der Waals surface area contributed by atoms with Gasteiger partial charge < -0.3 is 10.1 Å². The average Bonchev–Trinajstić information content (AvgIpc) is 3.01. The average molecular weight is 320 g/mol. The lowest BCUT2D eigenvalue weighted by molar-refractivity contribution is 0.0600. The number of hydrogen-bond acceptors (Lipinski definition) is 5. The molecule has 5 nitrogen and oxygen atoms in total. The van der Waals surface area contributed by atoms with Crippen molar-refractivity contribution in [2.45, 2.75) is 0 Å². The highest BCUT2D eigenvalue weighted by Crippen LogP contribution is 2.11. The van der Waals surface area contributed by atoms with Crippen LogP contribution < -0.4 is 10.6 Å². The smallest absolute Gasteiger partial charge is 0.337 e. The van der Waals surface area contributed by atoms with E-state index in [0.29, 0.717) is 16.1 Å².